The predicted molar refractivity (Wildman–Crippen MR) is 75.1 cm³/mol. The zero-order chi connectivity index (χ0) is 15.3. The summed E-state index contributed by atoms with van der Waals surface area (Å²) in [5.41, 5.74) is 5.45. The maximum Gasteiger partial charge on any atom is 0.407 e. The number of hydrogen-bond donors (Lipinski definition) is 2. The van der Waals surface area contributed by atoms with Crippen molar-refractivity contribution in [3.05, 3.63) is 0 Å². The van der Waals surface area contributed by atoms with E-state index in [9.17, 15) is 9.59 Å². The monoisotopic (exact) mass is 286 g/mol. The van der Waals surface area contributed by atoms with Crippen LogP contribution in [0.4, 0.5) is 4.79 Å². The number of ether oxygens (including phenoxy) is 2. The second-order valence-electron chi connectivity index (χ2n) is 6.18. The van der Waals surface area contributed by atoms with Crippen LogP contribution < -0.4 is 11.1 Å². The van der Waals surface area contributed by atoms with Crippen molar-refractivity contribution >= 4 is 12.1 Å². The molecule has 1 aliphatic rings. The van der Waals surface area contributed by atoms with E-state index in [1.54, 1.807) is 27.7 Å². The minimum absolute atomic E-state index is 0.159. The van der Waals surface area contributed by atoms with E-state index in [4.69, 9.17) is 15.2 Å². The highest BCUT2D eigenvalue weighted by Crippen LogP contribution is 2.25. The lowest BCUT2D eigenvalue weighted by atomic mass is 9.83. The fourth-order valence-corrected chi connectivity index (χ4v) is 2.29. The van der Waals surface area contributed by atoms with Gasteiger partial charge in [-0.3, -0.25) is 4.79 Å². The number of esters is 1. The van der Waals surface area contributed by atoms with Crippen molar-refractivity contribution in [3.63, 3.8) is 0 Å². The maximum absolute atomic E-state index is 11.8. The number of carbonyl (C=O) groups is 2. The molecule has 0 radical (unpaired) electrons. The molecule has 0 aromatic heterocycles. The SMILES string of the molecule is CCOC(=O)[C@@H]1CC[C@H](N)[C@@H](NC(=O)OC(C)(C)C)C1. The summed E-state index contributed by atoms with van der Waals surface area (Å²) in [4.78, 5) is 23.5. The summed E-state index contributed by atoms with van der Waals surface area (Å²) in [6.07, 6.45) is 1.39. The predicted octanol–water partition coefficient (Wildman–Crippen LogP) is 1.57. The van der Waals surface area contributed by atoms with E-state index < -0.39 is 11.7 Å². The molecule has 0 saturated heterocycles. The Kier molecular flexibility index (Phi) is 5.80. The normalized spacial score (nSPS) is 26.8. The Morgan fingerprint density at radius 3 is 2.50 bits per heavy atom. The zero-order valence-electron chi connectivity index (χ0n) is 12.8. The van der Waals surface area contributed by atoms with Crippen LogP contribution in [0.25, 0.3) is 0 Å². The van der Waals surface area contributed by atoms with Crippen LogP contribution in [0.5, 0.6) is 0 Å². The van der Waals surface area contributed by atoms with Crippen molar-refractivity contribution in [2.45, 2.75) is 64.6 Å². The number of hydrogen-bond acceptors (Lipinski definition) is 5. The average Bonchev–Trinajstić information content (AvgIpc) is 2.29. The fraction of sp³-hybridized carbons (Fsp3) is 0.857. The van der Waals surface area contributed by atoms with Crippen molar-refractivity contribution < 1.29 is 19.1 Å². The van der Waals surface area contributed by atoms with Crippen LogP contribution in [-0.2, 0) is 14.3 Å². The van der Waals surface area contributed by atoms with Crippen LogP contribution in [0.2, 0.25) is 0 Å². The molecule has 0 aromatic carbocycles. The van der Waals surface area contributed by atoms with Crippen LogP contribution in [0, 0.1) is 5.92 Å². The van der Waals surface area contributed by atoms with Crippen molar-refractivity contribution in [2.75, 3.05) is 6.61 Å². The van der Waals surface area contributed by atoms with Crippen LogP contribution in [0.3, 0.4) is 0 Å². The van der Waals surface area contributed by atoms with E-state index in [0.29, 0.717) is 25.9 Å². The van der Waals surface area contributed by atoms with Crippen molar-refractivity contribution in [1.82, 2.24) is 5.32 Å². The third kappa shape index (κ3) is 5.36. The van der Waals surface area contributed by atoms with Crippen LogP contribution >= 0.6 is 0 Å². The van der Waals surface area contributed by atoms with Crippen LogP contribution in [0.1, 0.15) is 47.0 Å². The maximum atomic E-state index is 11.8. The summed E-state index contributed by atoms with van der Waals surface area (Å²) in [7, 11) is 0. The van der Waals surface area contributed by atoms with E-state index in [1.165, 1.54) is 0 Å². The summed E-state index contributed by atoms with van der Waals surface area (Å²) in [6.45, 7) is 7.55. The second-order valence-corrected chi connectivity index (χ2v) is 6.18. The highest BCUT2D eigenvalue weighted by molar-refractivity contribution is 5.73. The fourth-order valence-electron chi connectivity index (χ4n) is 2.29. The van der Waals surface area contributed by atoms with Gasteiger partial charge in [0.15, 0.2) is 0 Å². The van der Waals surface area contributed by atoms with Crippen LogP contribution in [-0.4, -0.2) is 36.4 Å². The summed E-state index contributed by atoms with van der Waals surface area (Å²) < 4.78 is 10.2. The zero-order valence-corrected chi connectivity index (χ0v) is 12.8. The summed E-state index contributed by atoms with van der Waals surface area (Å²) >= 11 is 0. The van der Waals surface area contributed by atoms with Crippen LogP contribution in [0.15, 0.2) is 0 Å². The molecule has 1 aliphatic carbocycles. The minimum Gasteiger partial charge on any atom is -0.466 e. The molecular formula is C14H26N2O4. The lowest BCUT2D eigenvalue weighted by molar-refractivity contribution is -0.149. The molecule has 3 atom stereocenters. The third-order valence-corrected chi connectivity index (χ3v) is 3.23. The highest BCUT2D eigenvalue weighted by atomic mass is 16.6. The third-order valence-electron chi connectivity index (χ3n) is 3.23. The van der Waals surface area contributed by atoms with Gasteiger partial charge in [0.1, 0.15) is 5.60 Å². The molecule has 0 unspecified atom stereocenters. The summed E-state index contributed by atoms with van der Waals surface area (Å²) in [5, 5.41) is 2.76. The number of nitrogens with two attached hydrogens (primary N) is 1. The Morgan fingerprint density at radius 2 is 1.95 bits per heavy atom. The first-order chi connectivity index (χ1) is 9.23. The molecule has 116 valence electrons. The molecule has 1 saturated carbocycles. The number of nitrogens with one attached hydrogen (secondary N) is 1. The van der Waals surface area contributed by atoms with E-state index >= 15 is 0 Å². The Labute approximate surface area is 120 Å². The molecule has 1 fully saturated rings. The standard InChI is InChI=1S/C14H26N2O4/c1-5-19-12(17)9-6-7-10(15)11(8-9)16-13(18)20-14(2,3)4/h9-11H,5-8,15H2,1-4H3,(H,16,18)/t9-,10+,11+/m1/s1. The van der Waals surface area contributed by atoms with E-state index in [-0.39, 0.29) is 24.0 Å². The Bertz CT molecular complexity index is 352. The largest absolute Gasteiger partial charge is 0.466 e. The Balaban J connectivity index is 2.54. The topological polar surface area (TPSA) is 90.6 Å². The number of rotatable bonds is 3. The summed E-state index contributed by atoms with van der Waals surface area (Å²) in [6, 6.07) is -0.416. The van der Waals surface area contributed by atoms with Gasteiger partial charge in [-0.05, 0) is 47.0 Å². The Hall–Kier alpha value is -1.30. The van der Waals surface area contributed by atoms with E-state index in [2.05, 4.69) is 5.32 Å². The second kappa shape index (κ2) is 6.92. The molecular weight excluding hydrogens is 260 g/mol. The molecule has 20 heavy (non-hydrogen) atoms. The van der Waals surface area contributed by atoms with Crippen molar-refractivity contribution in [2.24, 2.45) is 11.7 Å². The van der Waals surface area contributed by atoms with Gasteiger partial charge in [0.05, 0.1) is 12.5 Å². The highest BCUT2D eigenvalue weighted by Gasteiger charge is 2.34. The molecule has 6 nitrogen and oxygen atoms in total. The number of carbonyl (C=O) groups excluding carboxylic acids is 2. The van der Waals surface area contributed by atoms with Gasteiger partial charge in [-0.1, -0.05) is 0 Å². The number of amides is 1. The molecule has 0 aromatic rings. The van der Waals surface area contributed by atoms with Gasteiger partial charge in [0, 0.05) is 12.1 Å². The van der Waals surface area contributed by atoms with Gasteiger partial charge in [0.25, 0.3) is 0 Å². The average molecular weight is 286 g/mol. The molecule has 0 aliphatic heterocycles. The van der Waals surface area contributed by atoms with Gasteiger partial charge >= 0.3 is 12.1 Å². The smallest absolute Gasteiger partial charge is 0.407 e. The first kappa shape index (κ1) is 16.8. The molecule has 1 rings (SSSR count). The first-order valence-corrected chi connectivity index (χ1v) is 7.14. The molecule has 0 heterocycles. The quantitative estimate of drug-likeness (QED) is 0.768. The first-order valence-electron chi connectivity index (χ1n) is 7.14. The minimum atomic E-state index is -0.552. The lowest BCUT2D eigenvalue weighted by Crippen LogP contribution is -2.53. The molecule has 6 heteroatoms. The van der Waals surface area contributed by atoms with Gasteiger partial charge < -0.3 is 20.5 Å². The molecule has 0 spiro atoms. The van der Waals surface area contributed by atoms with Gasteiger partial charge in [0.2, 0.25) is 0 Å². The van der Waals surface area contributed by atoms with E-state index in [0.717, 1.165) is 0 Å². The Morgan fingerprint density at radius 1 is 1.30 bits per heavy atom. The summed E-state index contributed by atoms with van der Waals surface area (Å²) in [5.74, 6) is -0.412. The van der Waals surface area contributed by atoms with Gasteiger partial charge in [-0.15, -0.1) is 0 Å². The number of alkyl carbamates (subject to hydrolysis) is 1. The molecule has 0 bridgehead atoms. The van der Waals surface area contributed by atoms with Gasteiger partial charge in [-0.25, -0.2) is 4.79 Å². The van der Waals surface area contributed by atoms with Crippen molar-refractivity contribution in [3.8, 4) is 0 Å². The van der Waals surface area contributed by atoms with E-state index in [1.807, 2.05) is 0 Å². The van der Waals surface area contributed by atoms with Gasteiger partial charge in [-0.2, -0.15) is 0 Å². The van der Waals surface area contributed by atoms with Crippen molar-refractivity contribution in [1.29, 1.82) is 0 Å². The molecule has 3 N–H and O–H groups in total. The lowest BCUT2D eigenvalue weighted by Gasteiger charge is -2.34. The molecule has 1 amide bonds.